The van der Waals surface area contributed by atoms with Crippen LogP contribution in [0.1, 0.15) is 32.0 Å². The van der Waals surface area contributed by atoms with Crippen LogP contribution in [0, 0.1) is 6.92 Å². The first-order chi connectivity index (χ1) is 11.4. The van der Waals surface area contributed by atoms with Gasteiger partial charge in [-0.05, 0) is 38.5 Å². The van der Waals surface area contributed by atoms with Gasteiger partial charge in [0, 0.05) is 16.6 Å². The van der Waals surface area contributed by atoms with Crippen molar-refractivity contribution in [3.8, 4) is 11.3 Å². The van der Waals surface area contributed by atoms with Crippen LogP contribution >= 0.6 is 23.2 Å². The van der Waals surface area contributed by atoms with Crippen LogP contribution in [0.25, 0.3) is 22.4 Å². The molecular formula is C17H16Cl2N4O. The van der Waals surface area contributed by atoms with Crippen molar-refractivity contribution in [1.29, 1.82) is 0 Å². The van der Waals surface area contributed by atoms with Crippen LogP contribution in [0.4, 0.5) is 0 Å². The number of hydrogen-bond acceptors (Lipinski definition) is 4. The van der Waals surface area contributed by atoms with Crippen molar-refractivity contribution in [2.75, 3.05) is 0 Å². The Morgan fingerprint density at radius 2 is 2.00 bits per heavy atom. The molecule has 3 rings (SSSR count). The third kappa shape index (κ3) is 2.78. The van der Waals surface area contributed by atoms with Crippen molar-refractivity contribution in [2.24, 2.45) is 0 Å². The molecule has 0 spiro atoms. The van der Waals surface area contributed by atoms with Gasteiger partial charge in [0.15, 0.2) is 5.65 Å². The second-order valence-corrected chi connectivity index (χ2v) is 6.49. The lowest BCUT2D eigenvalue weighted by Gasteiger charge is -2.17. The average molecular weight is 363 g/mol. The fourth-order valence-electron chi connectivity index (χ4n) is 2.60. The third-order valence-electron chi connectivity index (χ3n) is 4.06. The van der Waals surface area contributed by atoms with E-state index in [0.29, 0.717) is 38.2 Å². The first-order valence-electron chi connectivity index (χ1n) is 7.63. The molecule has 7 heteroatoms. The monoisotopic (exact) mass is 362 g/mol. The zero-order valence-corrected chi connectivity index (χ0v) is 15.1. The molecule has 0 radical (unpaired) electrons. The molecule has 0 bridgehead atoms. The van der Waals surface area contributed by atoms with E-state index in [1.807, 2.05) is 13.8 Å². The molecule has 0 saturated carbocycles. The molecule has 0 aliphatic rings. The van der Waals surface area contributed by atoms with Crippen LogP contribution in [-0.4, -0.2) is 19.5 Å². The van der Waals surface area contributed by atoms with Crippen molar-refractivity contribution in [1.82, 2.24) is 19.5 Å². The van der Waals surface area contributed by atoms with Gasteiger partial charge in [0.1, 0.15) is 23.2 Å². The Hall–Kier alpha value is -1.98. The third-order valence-corrected chi connectivity index (χ3v) is 4.60. The summed E-state index contributed by atoms with van der Waals surface area (Å²) in [6, 6.07) is 5.20. The van der Waals surface area contributed by atoms with E-state index in [9.17, 15) is 4.79 Å². The lowest BCUT2D eigenvalue weighted by molar-refractivity contribution is 0.523. The highest BCUT2D eigenvalue weighted by Gasteiger charge is 2.18. The Labute approximate surface area is 149 Å². The molecule has 2 heterocycles. The molecule has 124 valence electrons. The maximum absolute atomic E-state index is 12.5. The van der Waals surface area contributed by atoms with E-state index in [-0.39, 0.29) is 11.6 Å². The number of hydrogen-bond donors (Lipinski definition) is 0. The van der Waals surface area contributed by atoms with E-state index in [0.717, 1.165) is 6.42 Å². The number of aryl methyl sites for hydroxylation is 1. The molecule has 3 aromatic rings. The quantitative estimate of drug-likeness (QED) is 0.690. The highest BCUT2D eigenvalue weighted by atomic mass is 35.5. The maximum Gasteiger partial charge on any atom is 0.273 e. The van der Waals surface area contributed by atoms with Crippen LogP contribution in [0.3, 0.4) is 0 Å². The van der Waals surface area contributed by atoms with Crippen LogP contribution in [0.2, 0.25) is 10.0 Å². The standard InChI is InChI=1S/C17H16Cl2N4O/c1-4-9(2)23-16-15(22-10(3)17(23)24)14(20-8-21-16)12-6-5-11(18)7-13(12)19/h5-9H,4H2,1-3H3/t9-/m0/s1. The van der Waals surface area contributed by atoms with E-state index >= 15 is 0 Å². The molecule has 2 aromatic heterocycles. The Kier molecular flexibility index (Phi) is 4.56. The topological polar surface area (TPSA) is 60.7 Å². The van der Waals surface area contributed by atoms with Gasteiger partial charge < -0.3 is 0 Å². The summed E-state index contributed by atoms with van der Waals surface area (Å²) in [6.07, 6.45) is 2.23. The molecule has 0 fully saturated rings. The highest BCUT2D eigenvalue weighted by molar-refractivity contribution is 6.36. The van der Waals surface area contributed by atoms with E-state index < -0.39 is 0 Å². The molecule has 1 aromatic carbocycles. The first kappa shape index (κ1) is 16.9. The van der Waals surface area contributed by atoms with E-state index in [4.69, 9.17) is 23.2 Å². The average Bonchev–Trinajstić information content (AvgIpc) is 2.55. The second kappa shape index (κ2) is 6.49. The number of nitrogens with zero attached hydrogens (tertiary/aromatic N) is 4. The molecule has 0 saturated heterocycles. The summed E-state index contributed by atoms with van der Waals surface area (Å²) in [7, 11) is 0. The summed E-state index contributed by atoms with van der Waals surface area (Å²) in [5.41, 5.74) is 2.62. The Morgan fingerprint density at radius 3 is 2.67 bits per heavy atom. The van der Waals surface area contributed by atoms with Gasteiger partial charge in [-0.15, -0.1) is 0 Å². The number of rotatable bonds is 3. The molecule has 0 aliphatic heterocycles. The zero-order chi connectivity index (χ0) is 17.4. The van der Waals surface area contributed by atoms with Crippen LogP contribution < -0.4 is 5.56 Å². The molecule has 24 heavy (non-hydrogen) atoms. The van der Waals surface area contributed by atoms with Crippen molar-refractivity contribution < 1.29 is 0 Å². The van der Waals surface area contributed by atoms with Gasteiger partial charge in [-0.1, -0.05) is 30.1 Å². The SMILES string of the molecule is CC[C@H](C)n1c(=O)c(C)nc2c(-c3ccc(Cl)cc3Cl)ncnc21. The summed E-state index contributed by atoms with van der Waals surface area (Å²) in [6.45, 7) is 5.70. The minimum atomic E-state index is -0.135. The van der Waals surface area contributed by atoms with Crippen molar-refractivity contribution in [2.45, 2.75) is 33.2 Å². The van der Waals surface area contributed by atoms with Gasteiger partial charge in [-0.3, -0.25) is 9.36 Å². The number of halogens is 2. The van der Waals surface area contributed by atoms with Gasteiger partial charge in [0.25, 0.3) is 5.56 Å². The predicted octanol–water partition coefficient (Wildman–Crippen LogP) is 4.44. The Bertz CT molecular complexity index is 984. The minimum Gasteiger partial charge on any atom is -0.287 e. The lowest BCUT2D eigenvalue weighted by atomic mass is 10.1. The molecule has 1 atom stereocenters. The number of aromatic nitrogens is 4. The summed E-state index contributed by atoms with van der Waals surface area (Å²) in [5.74, 6) is 0. The van der Waals surface area contributed by atoms with Crippen LogP contribution in [-0.2, 0) is 0 Å². The Morgan fingerprint density at radius 1 is 1.25 bits per heavy atom. The van der Waals surface area contributed by atoms with Crippen LogP contribution in [0.15, 0.2) is 29.3 Å². The fraction of sp³-hybridized carbons (Fsp3) is 0.294. The summed E-state index contributed by atoms with van der Waals surface area (Å²) in [4.78, 5) is 25.6. The molecule has 0 N–H and O–H groups in total. The van der Waals surface area contributed by atoms with Crippen LogP contribution in [0.5, 0.6) is 0 Å². The number of benzene rings is 1. The van der Waals surface area contributed by atoms with Gasteiger partial charge >= 0.3 is 0 Å². The smallest absolute Gasteiger partial charge is 0.273 e. The zero-order valence-electron chi connectivity index (χ0n) is 13.5. The minimum absolute atomic E-state index is 0.00476. The van der Waals surface area contributed by atoms with Crippen molar-refractivity contribution in [3.05, 3.63) is 50.6 Å². The summed E-state index contributed by atoms with van der Waals surface area (Å²) in [5, 5.41) is 1.02. The molecule has 0 amide bonds. The first-order valence-corrected chi connectivity index (χ1v) is 8.38. The van der Waals surface area contributed by atoms with E-state index in [1.54, 1.807) is 29.7 Å². The predicted molar refractivity (Wildman–Crippen MR) is 96.8 cm³/mol. The summed E-state index contributed by atoms with van der Waals surface area (Å²) < 4.78 is 1.67. The van der Waals surface area contributed by atoms with E-state index in [1.165, 1.54) is 6.33 Å². The van der Waals surface area contributed by atoms with E-state index in [2.05, 4.69) is 15.0 Å². The van der Waals surface area contributed by atoms with Gasteiger partial charge in [-0.25, -0.2) is 15.0 Å². The normalized spacial score (nSPS) is 12.5. The van der Waals surface area contributed by atoms with Crippen molar-refractivity contribution in [3.63, 3.8) is 0 Å². The van der Waals surface area contributed by atoms with Gasteiger partial charge in [0.05, 0.1) is 5.02 Å². The highest BCUT2D eigenvalue weighted by Crippen LogP contribution is 2.32. The van der Waals surface area contributed by atoms with Crippen molar-refractivity contribution >= 4 is 34.4 Å². The lowest BCUT2D eigenvalue weighted by Crippen LogP contribution is -2.27. The Balaban J connectivity index is 2.40. The van der Waals surface area contributed by atoms with Gasteiger partial charge in [-0.2, -0.15) is 0 Å². The molecule has 0 unspecified atom stereocenters. The number of fused-ring (bicyclic) bond motifs is 1. The fourth-order valence-corrected chi connectivity index (χ4v) is 3.10. The maximum atomic E-state index is 12.5. The largest absolute Gasteiger partial charge is 0.287 e. The van der Waals surface area contributed by atoms with Gasteiger partial charge in [0.2, 0.25) is 0 Å². The molecular weight excluding hydrogens is 347 g/mol. The second-order valence-electron chi connectivity index (χ2n) is 5.65. The molecule has 0 aliphatic carbocycles. The summed E-state index contributed by atoms with van der Waals surface area (Å²) >= 11 is 12.3. The molecule has 5 nitrogen and oxygen atoms in total.